The van der Waals surface area contributed by atoms with Crippen LogP contribution in [0.2, 0.25) is 5.02 Å². The number of H-pyrrole nitrogens is 1. The van der Waals surface area contributed by atoms with Gasteiger partial charge in [0.1, 0.15) is 0 Å². The van der Waals surface area contributed by atoms with Gasteiger partial charge in [0.05, 0.1) is 6.20 Å². The number of carbonyl (C=O) groups excluding carboxylic acids is 1. The number of fused-ring (bicyclic) bond motifs is 1. The lowest BCUT2D eigenvalue weighted by Crippen LogP contribution is -2.38. The van der Waals surface area contributed by atoms with Crippen LogP contribution in [0.3, 0.4) is 0 Å². The average molecular weight is 276 g/mol. The second kappa shape index (κ2) is 5.05. The van der Waals surface area contributed by atoms with Gasteiger partial charge in [0.25, 0.3) is 5.91 Å². The number of halogens is 1. The molecule has 0 bridgehead atoms. The van der Waals surface area contributed by atoms with Gasteiger partial charge in [0.2, 0.25) is 0 Å². The lowest BCUT2D eigenvalue weighted by Gasteiger charge is -2.22. The van der Waals surface area contributed by atoms with E-state index in [0.29, 0.717) is 10.6 Å². The number of benzene rings is 1. The van der Waals surface area contributed by atoms with E-state index in [1.54, 1.807) is 24.3 Å². The van der Waals surface area contributed by atoms with Gasteiger partial charge < -0.3 is 5.32 Å². The Morgan fingerprint density at radius 3 is 3.21 bits per heavy atom. The van der Waals surface area contributed by atoms with E-state index in [1.165, 1.54) is 5.56 Å². The number of nitrogens with zero attached hydrogens (tertiary/aromatic N) is 1. The lowest BCUT2D eigenvalue weighted by molar-refractivity contribution is 0.0933. The van der Waals surface area contributed by atoms with Gasteiger partial charge in [0, 0.05) is 28.7 Å². The largest absolute Gasteiger partial charge is 0.349 e. The van der Waals surface area contributed by atoms with E-state index in [1.807, 2.05) is 6.20 Å². The fraction of sp³-hybridized carbons (Fsp3) is 0.286. The van der Waals surface area contributed by atoms with Gasteiger partial charge in [-0.25, -0.2) is 0 Å². The molecule has 1 aliphatic carbocycles. The maximum atomic E-state index is 12.1. The first-order chi connectivity index (χ1) is 9.22. The number of carbonyl (C=O) groups is 1. The molecule has 1 heterocycles. The minimum atomic E-state index is -0.0736. The summed E-state index contributed by atoms with van der Waals surface area (Å²) in [5.41, 5.74) is 2.99. The first-order valence-corrected chi connectivity index (χ1v) is 6.68. The van der Waals surface area contributed by atoms with Crippen molar-refractivity contribution in [1.82, 2.24) is 15.5 Å². The number of amides is 1. The van der Waals surface area contributed by atoms with E-state index in [4.69, 9.17) is 11.6 Å². The zero-order valence-corrected chi connectivity index (χ0v) is 11.1. The molecule has 0 saturated heterocycles. The molecule has 0 radical (unpaired) electrons. The second-order valence-electron chi connectivity index (χ2n) is 4.80. The van der Waals surface area contributed by atoms with Crippen molar-refractivity contribution >= 4 is 17.5 Å². The van der Waals surface area contributed by atoms with Crippen LogP contribution in [0.1, 0.15) is 28.0 Å². The van der Waals surface area contributed by atoms with Gasteiger partial charge in [-0.2, -0.15) is 5.10 Å². The number of aryl methyl sites for hydroxylation is 1. The van der Waals surface area contributed by atoms with E-state index >= 15 is 0 Å². The predicted octanol–water partition coefficient (Wildman–Crippen LogP) is 2.35. The quantitative estimate of drug-likeness (QED) is 0.884. The zero-order valence-electron chi connectivity index (χ0n) is 10.3. The molecule has 0 spiro atoms. The van der Waals surface area contributed by atoms with Gasteiger partial charge in [0.15, 0.2) is 0 Å². The average Bonchev–Trinajstić information content (AvgIpc) is 2.86. The third kappa shape index (κ3) is 2.63. The molecule has 0 aliphatic heterocycles. The third-order valence-electron chi connectivity index (χ3n) is 3.44. The summed E-state index contributed by atoms with van der Waals surface area (Å²) >= 11 is 5.89. The van der Waals surface area contributed by atoms with Gasteiger partial charge in [-0.1, -0.05) is 17.7 Å². The molecule has 4 nitrogen and oxygen atoms in total. The van der Waals surface area contributed by atoms with Crippen LogP contribution in [0.5, 0.6) is 0 Å². The van der Waals surface area contributed by atoms with Crippen LogP contribution in [0, 0.1) is 0 Å². The Bertz CT molecular complexity index is 608. The van der Waals surface area contributed by atoms with Crippen molar-refractivity contribution in [3.63, 3.8) is 0 Å². The highest BCUT2D eigenvalue weighted by Gasteiger charge is 2.21. The smallest absolute Gasteiger partial charge is 0.251 e. The monoisotopic (exact) mass is 275 g/mol. The minimum absolute atomic E-state index is 0.0736. The highest BCUT2D eigenvalue weighted by molar-refractivity contribution is 6.30. The molecule has 2 N–H and O–H groups in total. The molecular weight excluding hydrogens is 262 g/mol. The topological polar surface area (TPSA) is 57.8 Å². The summed E-state index contributed by atoms with van der Waals surface area (Å²) in [5.74, 6) is -0.0736. The lowest BCUT2D eigenvalue weighted by atomic mass is 9.93. The van der Waals surface area contributed by atoms with Crippen LogP contribution in [0.25, 0.3) is 0 Å². The fourth-order valence-corrected chi connectivity index (χ4v) is 2.62. The third-order valence-corrected chi connectivity index (χ3v) is 3.68. The van der Waals surface area contributed by atoms with E-state index in [-0.39, 0.29) is 11.9 Å². The predicted molar refractivity (Wildman–Crippen MR) is 73.3 cm³/mol. The number of hydrogen-bond donors (Lipinski definition) is 2. The normalized spacial score (nSPS) is 17.8. The Labute approximate surface area is 116 Å². The molecule has 1 aromatic heterocycles. The Balaban J connectivity index is 1.68. The van der Waals surface area contributed by atoms with Crippen molar-refractivity contribution in [3.8, 4) is 0 Å². The molecule has 98 valence electrons. The summed E-state index contributed by atoms with van der Waals surface area (Å²) in [4.78, 5) is 12.1. The van der Waals surface area contributed by atoms with Crippen LogP contribution in [0.4, 0.5) is 0 Å². The molecule has 1 aliphatic rings. The van der Waals surface area contributed by atoms with Gasteiger partial charge in [-0.05, 0) is 36.6 Å². The zero-order chi connectivity index (χ0) is 13.2. The summed E-state index contributed by atoms with van der Waals surface area (Å²) in [6.07, 6.45) is 4.57. The maximum absolute atomic E-state index is 12.1. The Kier molecular flexibility index (Phi) is 3.25. The van der Waals surface area contributed by atoms with Crippen molar-refractivity contribution in [2.75, 3.05) is 0 Å². The standard InChI is InChI=1S/C14H14ClN3O/c15-11-3-1-2-9(6-11)14(19)17-12-5-4-10-8-16-18-13(10)7-12/h1-3,6,8,12H,4-5,7H2,(H,16,18)(H,17,19). The molecule has 2 aromatic rings. The number of nitrogens with one attached hydrogen (secondary N) is 2. The molecule has 1 unspecified atom stereocenters. The Hall–Kier alpha value is -1.81. The molecule has 0 saturated carbocycles. The summed E-state index contributed by atoms with van der Waals surface area (Å²) < 4.78 is 0. The number of hydrogen-bond acceptors (Lipinski definition) is 2. The fourth-order valence-electron chi connectivity index (χ4n) is 2.43. The highest BCUT2D eigenvalue weighted by atomic mass is 35.5. The van der Waals surface area contributed by atoms with Crippen molar-refractivity contribution < 1.29 is 4.79 Å². The summed E-state index contributed by atoms with van der Waals surface area (Å²) in [6, 6.07) is 7.15. The van der Waals surface area contributed by atoms with E-state index < -0.39 is 0 Å². The van der Waals surface area contributed by atoms with Crippen LogP contribution < -0.4 is 5.32 Å². The summed E-state index contributed by atoms with van der Waals surface area (Å²) in [7, 11) is 0. The highest BCUT2D eigenvalue weighted by Crippen LogP contribution is 2.19. The first-order valence-electron chi connectivity index (χ1n) is 6.30. The second-order valence-corrected chi connectivity index (χ2v) is 5.23. The molecule has 1 atom stereocenters. The molecule has 1 aromatic carbocycles. The van der Waals surface area contributed by atoms with E-state index in [9.17, 15) is 4.79 Å². The minimum Gasteiger partial charge on any atom is -0.349 e. The van der Waals surface area contributed by atoms with Crippen molar-refractivity contribution in [1.29, 1.82) is 0 Å². The SMILES string of the molecule is O=C(NC1CCc2cn[nH]c2C1)c1cccc(Cl)c1. The van der Waals surface area contributed by atoms with Crippen LogP contribution >= 0.6 is 11.6 Å². The summed E-state index contributed by atoms with van der Waals surface area (Å²) in [6.45, 7) is 0. The molecular formula is C14H14ClN3O. The van der Waals surface area contributed by atoms with Gasteiger partial charge in [-0.15, -0.1) is 0 Å². The maximum Gasteiger partial charge on any atom is 0.251 e. The van der Waals surface area contributed by atoms with Crippen molar-refractivity contribution in [2.45, 2.75) is 25.3 Å². The first kappa shape index (κ1) is 12.2. The van der Waals surface area contributed by atoms with Gasteiger partial charge >= 0.3 is 0 Å². The number of rotatable bonds is 2. The van der Waals surface area contributed by atoms with E-state index in [0.717, 1.165) is 25.0 Å². The molecule has 1 amide bonds. The molecule has 19 heavy (non-hydrogen) atoms. The molecule has 5 heteroatoms. The molecule has 3 rings (SSSR count). The Morgan fingerprint density at radius 2 is 2.37 bits per heavy atom. The van der Waals surface area contributed by atoms with Crippen LogP contribution in [-0.4, -0.2) is 22.1 Å². The van der Waals surface area contributed by atoms with E-state index in [2.05, 4.69) is 15.5 Å². The van der Waals surface area contributed by atoms with Crippen molar-refractivity contribution in [2.24, 2.45) is 0 Å². The van der Waals surface area contributed by atoms with Crippen LogP contribution in [-0.2, 0) is 12.8 Å². The molecule has 0 fully saturated rings. The summed E-state index contributed by atoms with van der Waals surface area (Å²) in [5, 5.41) is 10.6. The number of aromatic amines is 1. The Morgan fingerprint density at radius 1 is 1.47 bits per heavy atom. The number of aromatic nitrogens is 2. The van der Waals surface area contributed by atoms with Gasteiger partial charge in [-0.3, -0.25) is 9.89 Å². The van der Waals surface area contributed by atoms with Crippen LogP contribution in [0.15, 0.2) is 30.5 Å². The van der Waals surface area contributed by atoms with Crippen molar-refractivity contribution in [3.05, 3.63) is 52.3 Å².